The van der Waals surface area contributed by atoms with Crippen molar-refractivity contribution in [2.45, 2.75) is 6.54 Å². The van der Waals surface area contributed by atoms with Crippen molar-refractivity contribution in [2.24, 2.45) is 0 Å². The van der Waals surface area contributed by atoms with Crippen LogP contribution in [-0.4, -0.2) is 30.9 Å². The number of nitrogens with zero attached hydrogens (tertiary/aromatic N) is 1. The number of benzene rings is 2. The van der Waals surface area contributed by atoms with Crippen LogP contribution < -0.4 is 10.1 Å². The minimum atomic E-state index is -0.159. The second-order valence-corrected chi connectivity index (χ2v) is 7.99. The highest BCUT2D eigenvalue weighted by Crippen LogP contribution is 2.24. The van der Waals surface area contributed by atoms with Gasteiger partial charge in [-0.2, -0.15) is 0 Å². The van der Waals surface area contributed by atoms with Crippen LogP contribution in [0.4, 0.5) is 5.69 Å². The minimum absolute atomic E-state index is 0.113. The molecule has 0 fully saturated rings. The van der Waals surface area contributed by atoms with Crippen LogP contribution >= 0.6 is 27.3 Å². The molecule has 7 heteroatoms. The second kappa shape index (κ2) is 9.03. The van der Waals surface area contributed by atoms with Gasteiger partial charge in [0.25, 0.3) is 11.8 Å². The van der Waals surface area contributed by atoms with E-state index in [9.17, 15) is 9.59 Å². The SMILES string of the molecule is COc1ccc(Br)cc1CN(C)C(=O)c1ccc(NC(=O)c2cccs2)cc1. The Balaban J connectivity index is 1.67. The van der Waals surface area contributed by atoms with Gasteiger partial charge in [-0.1, -0.05) is 22.0 Å². The van der Waals surface area contributed by atoms with E-state index in [4.69, 9.17) is 4.74 Å². The number of rotatable bonds is 6. The Hall–Kier alpha value is -2.64. The van der Waals surface area contributed by atoms with E-state index in [1.165, 1.54) is 11.3 Å². The number of ether oxygens (including phenoxy) is 1. The number of nitrogens with one attached hydrogen (secondary N) is 1. The quantitative estimate of drug-likeness (QED) is 0.562. The summed E-state index contributed by atoms with van der Waals surface area (Å²) in [5.74, 6) is 0.459. The lowest BCUT2D eigenvalue weighted by Crippen LogP contribution is -2.26. The number of thiophene rings is 1. The molecule has 144 valence electrons. The lowest BCUT2D eigenvalue weighted by Gasteiger charge is -2.19. The molecule has 0 unspecified atom stereocenters. The van der Waals surface area contributed by atoms with Gasteiger partial charge in [0.2, 0.25) is 0 Å². The molecule has 1 N–H and O–H groups in total. The standard InChI is InChI=1S/C21H19BrN2O3S/c1-24(13-15-12-16(22)7-10-18(15)27-2)21(26)14-5-8-17(9-6-14)23-20(25)19-4-3-11-28-19/h3-12H,13H2,1-2H3,(H,23,25). The number of hydrogen-bond donors (Lipinski definition) is 1. The molecule has 3 rings (SSSR count). The summed E-state index contributed by atoms with van der Waals surface area (Å²) in [6.07, 6.45) is 0. The lowest BCUT2D eigenvalue weighted by molar-refractivity contribution is 0.0784. The summed E-state index contributed by atoms with van der Waals surface area (Å²) in [5.41, 5.74) is 2.10. The summed E-state index contributed by atoms with van der Waals surface area (Å²) in [4.78, 5) is 27.1. The summed E-state index contributed by atoms with van der Waals surface area (Å²) >= 11 is 4.83. The Morgan fingerprint density at radius 2 is 1.89 bits per heavy atom. The van der Waals surface area contributed by atoms with Crippen molar-refractivity contribution in [3.05, 3.63) is 80.5 Å². The minimum Gasteiger partial charge on any atom is -0.496 e. The number of carbonyl (C=O) groups excluding carboxylic acids is 2. The first-order chi connectivity index (χ1) is 13.5. The summed E-state index contributed by atoms with van der Waals surface area (Å²) in [5, 5.41) is 4.68. The van der Waals surface area contributed by atoms with Crippen LogP contribution in [0.3, 0.4) is 0 Å². The fourth-order valence-electron chi connectivity index (χ4n) is 2.72. The third-order valence-corrected chi connectivity index (χ3v) is 5.49. The molecule has 5 nitrogen and oxygen atoms in total. The lowest BCUT2D eigenvalue weighted by atomic mass is 10.1. The van der Waals surface area contributed by atoms with Crippen LogP contribution in [-0.2, 0) is 6.54 Å². The van der Waals surface area contributed by atoms with Crippen molar-refractivity contribution < 1.29 is 14.3 Å². The molecular weight excluding hydrogens is 440 g/mol. The number of anilines is 1. The van der Waals surface area contributed by atoms with E-state index in [1.54, 1.807) is 49.4 Å². The van der Waals surface area contributed by atoms with Crippen molar-refractivity contribution in [2.75, 3.05) is 19.5 Å². The number of amides is 2. The molecule has 0 aliphatic carbocycles. The van der Waals surface area contributed by atoms with Crippen LogP contribution in [0.1, 0.15) is 25.6 Å². The number of methoxy groups -OCH3 is 1. The van der Waals surface area contributed by atoms with Gasteiger partial charge in [0.05, 0.1) is 12.0 Å². The normalized spacial score (nSPS) is 10.4. The Bertz CT molecular complexity index is 972. The Morgan fingerprint density at radius 3 is 2.54 bits per heavy atom. The predicted octanol–water partition coefficient (Wildman–Crippen LogP) is 5.04. The third kappa shape index (κ3) is 4.79. The molecule has 3 aromatic rings. The monoisotopic (exact) mass is 458 g/mol. The molecule has 0 saturated carbocycles. The van der Waals surface area contributed by atoms with Crippen molar-refractivity contribution in [1.82, 2.24) is 4.90 Å². The van der Waals surface area contributed by atoms with Crippen LogP contribution in [0.5, 0.6) is 5.75 Å². The van der Waals surface area contributed by atoms with Gasteiger partial charge in [-0.25, -0.2) is 0 Å². The molecule has 1 heterocycles. The molecule has 0 aliphatic heterocycles. The van der Waals surface area contributed by atoms with E-state index in [2.05, 4.69) is 21.2 Å². The van der Waals surface area contributed by atoms with Gasteiger partial charge < -0.3 is 15.0 Å². The fraction of sp³-hybridized carbons (Fsp3) is 0.143. The first kappa shape index (κ1) is 20.1. The Kier molecular flexibility index (Phi) is 6.49. The average Bonchev–Trinajstić information content (AvgIpc) is 3.23. The topological polar surface area (TPSA) is 58.6 Å². The smallest absolute Gasteiger partial charge is 0.265 e. The number of carbonyl (C=O) groups is 2. The van der Waals surface area contributed by atoms with E-state index in [0.717, 1.165) is 15.8 Å². The van der Waals surface area contributed by atoms with Crippen LogP contribution in [0.2, 0.25) is 0 Å². The zero-order valence-electron chi connectivity index (χ0n) is 15.4. The molecule has 2 aromatic carbocycles. The van der Waals surface area contributed by atoms with Gasteiger partial charge in [-0.15, -0.1) is 11.3 Å². The highest BCUT2D eigenvalue weighted by atomic mass is 79.9. The summed E-state index contributed by atoms with van der Waals surface area (Å²) < 4.78 is 6.30. The number of halogens is 1. The molecule has 0 aliphatic rings. The predicted molar refractivity (Wildman–Crippen MR) is 115 cm³/mol. The second-order valence-electron chi connectivity index (χ2n) is 6.13. The van der Waals surface area contributed by atoms with Gasteiger partial charge >= 0.3 is 0 Å². The Labute approximate surface area is 176 Å². The zero-order valence-corrected chi connectivity index (χ0v) is 17.8. The van der Waals surface area contributed by atoms with Crippen LogP contribution in [0.15, 0.2) is 64.5 Å². The Morgan fingerprint density at radius 1 is 1.14 bits per heavy atom. The van der Waals surface area contributed by atoms with Crippen molar-refractivity contribution >= 4 is 44.8 Å². The molecule has 2 amide bonds. The summed E-state index contributed by atoms with van der Waals surface area (Å²) in [7, 11) is 3.35. The maximum atomic E-state index is 12.7. The number of hydrogen-bond acceptors (Lipinski definition) is 4. The molecular formula is C21H19BrN2O3S. The molecule has 0 bridgehead atoms. The summed E-state index contributed by atoms with van der Waals surface area (Å²) in [6.45, 7) is 0.415. The van der Waals surface area contributed by atoms with E-state index in [0.29, 0.717) is 22.7 Å². The first-order valence-electron chi connectivity index (χ1n) is 8.50. The highest BCUT2D eigenvalue weighted by Gasteiger charge is 2.15. The fourth-order valence-corrected chi connectivity index (χ4v) is 3.74. The van der Waals surface area contributed by atoms with Gasteiger partial charge in [0, 0.05) is 34.9 Å². The zero-order chi connectivity index (χ0) is 20.1. The van der Waals surface area contributed by atoms with Gasteiger partial charge in [-0.3, -0.25) is 9.59 Å². The van der Waals surface area contributed by atoms with Crippen molar-refractivity contribution in [3.8, 4) is 5.75 Å². The largest absolute Gasteiger partial charge is 0.496 e. The van der Waals surface area contributed by atoms with E-state index >= 15 is 0 Å². The highest BCUT2D eigenvalue weighted by molar-refractivity contribution is 9.10. The first-order valence-corrected chi connectivity index (χ1v) is 10.2. The average molecular weight is 459 g/mol. The molecule has 1 aromatic heterocycles. The van der Waals surface area contributed by atoms with Crippen LogP contribution in [0.25, 0.3) is 0 Å². The van der Waals surface area contributed by atoms with E-state index in [1.807, 2.05) is 29.6 Å². The molecule has 0 atom stereocenters. The van der Waals surface area contributed by atoms with Crippen molar-refractivity contribution in [1.29, 1.82) is 0 Å². The van der Waals surface area contributed by atoms with E-state index in [-0.39, 0.29) is 11.8 Å². The molecule has 0 radical (unpaired) electrons. The maximum absolute atomic E-state index is 12.7. The van der Waals surface area contributed by atoms with Crippen LogP contribution in [0, 0.1) is 0 Å². The third-order valence-electron chi connectivity index (χ3n) is 4.13. The molecule has 0 spiro atoms. The maximum Gasteiger partial charge on any atom is 0.265 e. The van der Waals surface area contributed by atoms with Crippen molar-refractivity contribution in [3.63, 3.8) is 0 Å². The van der Waals surface area contributed by atoms with E-state index < -0.39 is 0 Å². The van der Waals surface area contributed by atoms with Gasteiger partial charge in [0.1, 0.15) is 5.75 Å². The molecule has 0 saturated heterocycles. The van der Waals surface area contributed by atoms with Gasteiger partial charge in [0.15, 0.2) is 0 Å². The van der Waals surface area contributed by atoms with Gasteiger partial charge in [-0.05, 0) is 53.9 Å². The molecule has 28 heavy (non-hydrogen) atoms. The summed E-state index contributed by atoms with van der Waals surface area (Å²) in [6, 6.07) is 16.2.